The Labute approximate surface area is 97.0 Å². The Balaban J connectivity index is 1.71. The zero-order chi connectivity index (χ0) is 11.4. The third-order valence-corrected chi connectivity index (χ3v) is 3.28. The van der Waals surface area contributed by atoms with Crippen molar-refractivity contribution in [3.63, 3.8) is 0 Å². The average molecular weight is 223 g/mol. The molecule has 1 unspecified atom stereocenters. The highest BCUT2D eigenvalue weighted by atomic mass is 16.5. The minimum absolute atomic E-state index is 0.678. The molecule has 1 aliphatic rings. The van der Waals surface area contributed by atoms with Gasteiger partial charge in [0.1, 0.15) is 0 Å². The number of piperidine rings is 1. The van der Waals surface area contributed by atoms with Crippen LogP contribution < -0.4 is 5.32 Å². The molecule has 16 heavy (non-hydrogen) atoms. The molecule has 0 aliphatic carbocycles. The summed E-state index contributed by atoms with van der Waals surface area (Å²) in [5.74, 6) is 0.927. The first-order valence-corrected chi connectivity index (χ1v) is 6.09. The fourth-order valence-electron chi connectivity index (χ4n) is 2.26. The molecular formula is C12H21N3O. The average Bonchev–Trinajstić information content (AvgIpc) is 2.67. The Hall–Kier alpha value is -0.870. The largest absolute Gasteiger partial charge is 0.360 e. The predicted molar refractivity (Wildman–Crippen MR) is 63.2 cm³/mol. The van der Waals surface area contributed by atoms with Crippen molar-refractivity contribution in [2.24, 2.45) is 0 Å². The summed E-state index contributed by atoms with van der Waals surface area (Å²) in [7, 11) is 2.21. The maximum absolute atomic E-state index is 5.15. The van der Waals surface area contributed by atoms with Gasteiger partial charge in [0.05, 0.1) is 12.2 Å². The molecule has 1 aromatic rings. The molecule has 1 aromatic heterocycles. The lowest BCUT2D eigenvalue weighted by Gasteiger charge is -2.32. The van der Waals surface area contributed by atoms with Crippen molar-refractivity contribution in [1.29, 1.82) is 0 Å². The van der Waals surface area contributed by atoms with Crippen LogP contribution in [0, 0.1) is 6.92 Å². The van der Waals surface area contributed by atoms with Gasteiger partial charge >= 0.3 is 0 Å². The predicted octanol–water partition coefficient (Wildman–Crippen LogP) is 1.56. The molecule has 0 aromatic carbocycles. The number of hydrogen-bond acceptors (Lipinski definition) is 4. The van der Waals surface area contributed by atoms with E-state index in [0.29, 0.717) is 6.04 Å². The summed E-state index contributed by atoms with van der Waals surface area (Å²) in [5.41, 5.74) is 0.951. The van der Waals surface area contributed by atoms with Crippen LogP contribution in [-0.2, 0) is 6.54 Å². The summed E-state index contributed by atoms with van der Waals surface area (Å²) >= 11 is 0. The lowest BCUT2D eigenvalue weighted by molar-refractivity contribution is 0.180. The van der Waals surface area contributed by atoms with E-state index in [9.17, 15) is 0 Å². The Morgan fingerprint density at radius 2 is 2.44 bits per heavy atom. The smallest absolute Gasteiger partial charge is 0.150 e. The second kappa shape index (κ2) is 5.46. The molecule has 1 atom stereocenters. The van der Waals surface area contributed by atoms with Gasteiger partial charge in [-0.2, -0.15) is 0 Å². The van der Waals surface area contributed by atoms with Crippen molar-refractivity contribution < 1.29 is 4.52 Å². The number of likely N-dealkylation sites (tertiary alicyclic amines) is 1. The molecular weight excluding hydrogens is 202 g/mol. The van der Waals surface area contributed by atoms with E-state index in [1.54, 1.807) is 0 Å². The lowest BCUT2D eigenvalue weighted by Crippen LogP contribution is -2.42. The van der Waals surface area contributed by atoms with E-state index < -0.39 is 0 Å². The van der Waals surface area contributed by atoms with Gasteiger partial charge in [-0.3, -0.25) is 0 Å². The van der Waals surface area contributed by atoms with Gasteiger partial charge in [0, 0.05) is 18.7 Å². The number of aryl methyl sites for hydroxylation is 1. The fourth-order valence-corrected chi connectivity index (χ4v) is 2.26. The highest BCUT2D eigenvalue weighted by molar-refractivity contribution is 5.02. The van der Waals surface area contributed by atoms with Crippen LogP contribution in [0.1, 0.15) is 30.7 Å². The molecule has 1 N–H and O–H groups in total. The third kappa shape index (κ3) is 3.06. The summed E-state index contributed by atoms with van der Waals surface area (Å²) in [6.07, 6.45) is 4.01. The SMILES string of the molecule is Cc1cc(CNCC2CCCCN2C)on1. The number of aromatic nitrogens is 1. The Kier molecular flexibility index (Phi) is 3.96. The minimum Gasteiger partial charge on any atom is -0.360 e. The molecule has 2 rings (SSSR count). The first-order valence-electron chi connectivity index (χ1n) is 6.09. The lowest BCUT2D eigenvalue weighted by atomic mass is 10.0. The van der Waals surface area contributed by atoms with Gasteiger partial charge in [-0.1, -0.05) is 11.6 Å². The van der Waals surface area contributed by atoms with Crippen molar-refractivity contribution in [2.75, 3.05) is 20.1 Å². The number of rotatable bonds is 4. The van der Waals surface area contributed by atoms with Crippen molar-refractivity contribution in [3.05, 3.63) is 17.5 Å². The van der Waals surface area contributed by atoms with Crippen LogP contribution >= 0.6 is 0 Å². The van der Waals surface area contributed by atoms with Crippen molar-refractivity contribution in [3.8, 4) is 0 Å². The monoisotopic (exact) mass is 223 g/mol. The molecule has 90 valence electrons. The van der Waals surface area contributed by atoms with E-state index in [2.05, 4.69) is 22.4 Å². The van der Waals surface area contributed by atoms with E-state index in [0.717, 1.165) is 24.5 Å². The van der Waals surface area contributed by atoms with Gasteiger partial charge in [-0.15, -0.1) is 0 Å². The topological polar surface area (TPSA) is 41.3 Å². The first kappa shape index (κ1) is 11.6. The molecule has 0 amide bonds. The maximum atomic E-state index is 5.15. The molecule has 0 radical (unpaired) electrons. The van der Waals surface area contributed by atoms with Crippen LogP contribution in [0.15, 0.2) is 10.6 Å². The highest BCUT2D eigenvalue weighted by Crippen LogP contribution is 2.14. The van der Waals surface area contributed by atoms with Crippen LogP contribution in [-0.4, -0.2) is 36.2 Å². The maximum Gasteiger partial charge on any atom is 0.150 e. The fraction of sp³-hybridized carbons (Fsp3) is 0.750. The number of likely N-dealkylation sites (N-methyl/N-ethyl adjacent to an activating group) is 1. The van der Waals surface area contributed by atoms with Gasteiger partial charge in [0.15, 0.2) is 5.76 Å². The van der Waals surface area contributed by atoms with Crippen LogP contribution in [0.5, 0.6) is 0 Å². The molecule has 0 saturated carbocycles. The molecule has 4 heteroatoms. The van der Waals surface area contributed by atoms with E-state index >= 15 is 0 Å². The zero-order valence-corrected chi connectivity index (χ0v) is 10.2. The molecule has 4 nitrogen and oxygen atoms in total. The number of nitrogens with zero attached hydrogens (tertiary/aromatic N) is 2. The van der Waals surface area contributed by atoms with Gasteiger partial charge in [-0.05, 0) is 33.4 Å². The molecule has 2 heterocycles. The van der Waals surface area contributed by atoms with E-state index in [4.69, 9.17) is 4.52 Å². The molecule has 1 aliphatic heterocycles. The molecule has 0 bridgehead atoms. The summed E-state index contributed by atoms with van der Waals surface area (Å²) in [6, 6.07) is 2.66. The summed E-state index contributed by atoms with van der Waals surface area (Å²) in [4.78, 5) is 2.45. The van der Waals surface area contributed by atoms with Crippen molar-refractivity contribution >= 4 is 0 Å². The van der Waals surface area contributed by atoms with E-state index in [1.807, 2.05) is 13.0 Å². The quantitative estimate of drug-likeness (QED) is 0.841. The van der Waals surface area contributed by atoms with Gasteiger partial charge in [0.25, 0.3) is 0 Å². The van der Waals surface area contributed by atoms with Crippen molar-refractivity contribution in [1.82, 2.24) is 15.4 Å². The van der Waals surface area contributed by atoms with Crippen LogP contribution in [0.25, 0.3) is 0 Å². The zero-order valence-electron chi connectivity index (χ0n) is 10.2. The van der Waals surface area contributed by atoms with E-state index in [1.165, 1.54) is 25.8 Å². The van der Waals surface area contributed by atoms with Crippen molar-refractivity contribution in [2.45, 2.75) is 38.8 Å². The highest BCUT2D eigenvalue weighted by Gasteiger charge is 2.18. The van der Waals surface area contributed by atoms with Crippen LogP contribution in [0.2, 0.25) is 0 Å². The standard InChI is InChI=1S/C12H21N3O/c1-10-7-12(16-14-10)9-13-8-11-5-3-4-6-15(11)2/h7,11,13H,3-6,8-9H2,1-2H3. The Morgan fingerprint density at radius 1 is 1.56 bits per heavy atom. The van der Waals surface area contributed by atoms with Crippen LogP contribution in [0.3, 0.4) is 0 Å². The van der Waals surface area contributed by atoms with Gasteiger partial charge in [-0.25, -0.2) is 0 Å². The molecule has 1 saturated heterocycles. The Morgan fingerprint density at radius 3 is 3.12 bits per heavy atom. The number of hydrogen-bond donors (Lipinski definition) is 1. The van der Waals surface area contributed by atoms with Crippen LogP contribution in [0.4, 0.5) is 0 Å². The third-order valence-electron chi connectivity index (χ3n) is 3.28. The minimum atomic E-state index is 0.678. The second-order valence-corrected chi connectivity index (χ2v) is 4.70. The Bertz CT molecular complexity index is 324. The first-order chi connectivity index (χ1) is 7.75. The number of nitrogens with one attached hydrogen (secondary N) is 1. The second-order valence-electron chi connectivity index (χ2n) is 4.70. The molecule has 0 spiro atoms. The molecule has 1 fully saturated rings. The van der Waals surface area contributed by atoms with Gasteiger partial charge < -0.3 is 14.7 Å². The summed E-state index contributed by atoms with van der Waals surface area (Å²) < 4.78 is 5.15. The summed E-state index contributed by atoms with van der Waals surface area (Å²) in [5, 5.41) is 7.31. The van der Waals surface area contributed by atoms with E-state index in [-0.39, 0.29) is 0 Å². The normalized spacial score (nSPS) is 22.5. The summed E-state index contributed by atoms with van der Waals surface area (Å²) in [6.45, 7) is 5.00. The van der Waals surface area contributed by atoms with Gasteiger partial charge in [0.2, 0.25) is 0 Å².